The van der Waals surface area contributed by atoms with Gasteiger partial charge in [0.2, 0.25) is 0 Å². The zero-order chi connectivity index (χ0) is 14.7. The molecule has 0 saturated carbocycles. The average molecular weight is 270 g/mol. The highest BCUT2D eigenvalue weighted by Crippen LogP contribution is 2.21. The number of nitrogens with two attached hydrogens (primary N) is 1. The van der Waals surface area contributed by atoms with Crippen LogP contribution in [0.4, 0.5) is 11.4 Å². The molecular formula is C16H18N2O2. The normalized spacial score (nSPS) is 10.6. The number of amides is 1. The van der Waals surface area contributed by atoms with Gasteiger partial charge in [0, 0.05) is 11.4 Å². The summed E-state index contributed by atoms with van der Waals surface area (Å²) in [6.07, 6.45) is 0. The van der Waals surface area contributed by atoms with Crippen LogP contribution in [0.1, 0.15) is 35.7 Å². The molecule has 2 rings (SSSR count). The van der Waals surface area contributed by atoms with Gasteiger partial charge in [-0.1, -0.05) is 26.0 Å². The van der Waals surface area contributed by atoms with E-state index in [1.54, 1.807) is 0 Å². The predicted octanol–water partition coefficient (Wildman–Crippen LogP) is 3.35. The number of hydrogen-bond acceptors (Lipinski definition) is 3. The van der Waals surface area contributed by atoms with Gasteiger partial charge in [0.15, 0.2) is 0 Å². The number of anilines is 2. The molecule has 0 spiro atoms. The molecule has 0 atom stereocenters. The second-order valence-electron chi connectivity index (χ2n) is 5.00. The van der Waals surface area contributed by atoms with E-state index in [1.807, 2.05) is 24.3 Å². The fourth-order valence-electron chi connectivity index (χ4n) is 1.89. The SMILES string of the molecule is CC(C)c1ccc(NC(=O)c2cc(O)ccc2N)cc1. The van der Waals surface area contributed by atoms with E-state index in [9.17, 15) is 9.90 Å². The van der Waals surface area contributed by atoms with Crippen LogP contribution in [0.2, 0.25) is 0 Å². The van der Waals surface area contributed by atoms with E-state index >= 15 is 0 Å². The third-order valence-corrected chi connectivity index (χ3v) is 3.12. The summed E-state index contributed by atoms with van der Waals surface area (Å²) in [5.41, 5.74) is 8.24. The minimum atomic E-state index is -0.337. The van der Waals surface area contributed by atoms with Gasteiger partial charge >= 0.3 is 0 Å². The number of aromatic hydroxyl groups is 1. The van der Waals surface area contributed by atoms with Crippen molar-refractivity contribution in [2.45, 2.75) is 19.8 Å². The van der Waals surface area contributed by atoms with Crippen molar-refractivity contribution in [3.05, 3.63) is 53.6 Å². The first kappa shape index (κ1) is 13.9. The summed E-state index contributed by atoms with van der Waals surface area (Å²) in [5.74, 6) is 0.122. The molecule has 2 aromatic rings. The maximum Gasteiger partial charge on any atom is 0.257 e. The molecule has 4 N–H and O–H groups in total. The lowest BCUT2D eigenvalue weighted by Gasteiger charge is -2.10. The number of rotatable bonds is 3. The van der Waals surface area contributed by atoms with Gasteiger partial charge in [-0.3, -0.25) is 4.79 Å². The maximum atomic E-state index is 12.1. The van der Waals surface area contributed by atoms with Crippen molar-refractivity contribution in [3.8, 4) is 5.75 Å². The van der Waals surface area contributed by atoms with Crippen LogP contribution in [0.3, 0.4) is 0 Å². The highest BCUT2D eigenvalue weighted by atomic mass is 16.3. The standard InChI is InChI=1S/C16H18N2O2/c1-10(2)11-3-5-12(6-4-11)18-16(20)14-9-13(19)7-8-15(14)17/h3-10,19H,17H2,1-2H3,(H,18,20). The molecule has 4 nitrogen and oxygen atoms in total. The second kappa shape index (κ2) is 5.65. The third kappa shape index (κ3) is 3.09. The molecule has 0 bridgehead atoms. The van der Waals surface area contributed by atoms with Gasteiger partial charge in [-0.2, -0.15) is 0 Å². The van der Waals surface area contributed by atoms with Crippen molar-refractivity contribution >= 4 is 17.3 Å². The van der Waals surface area contributed by atoms with Crippen molar-refractivity contribution in [1.82, 2.24) is 0 Å². The van der Waals surface area contributed by atoms with Gasteiger partial charge in [0.25, 0.3) is 5.91 Å². The Morgan fingerprint density at radius 1 is 1.15 bits per heavy atom. The van der Waals surface area contributed by atoms with Crippen molar-refractivity contribution in [2.24, 2.45) is 0 Å². The van der Waals surface area contributed by atoms with Crippen molar-refractivity contribution in [1.29, 1.82) is 0 Å². The van der Waals surface area contributed by atoms with Crippen LogP contribution in [0, 0.1) is 0 Å². The van der Waals surface area contributed by atoms with E-state index in [0.29, 0.717) is 17.3 Å². The number of nitrogen functional groups attached to an aromatic ring is 1. The number of carbonyl (C=O) groups excluding carboxylic acids is 1. The predicted molar refractivity (Wildman–Crippen MR) is 81.0 cm³/mol. The summed E-state index contributed by atoms with van der Waals surface area (Å²) in [5, 5.41) is 12.2. The van der Waals surface area contributed by atoms with Crippen LogP contribution < -0.4 is 11.1 Å². The quantitative estimate of drug-likeness (QED) is 0.591. The molecule has 20 heavy (non-hydrogen) atoms. The molecule has 104 valence electrons. The smallest absolute Gasteiger partial charge is 0.257 e. The van der Waals surface area contributed by atoms with E-state index in [2.05, 4.69) is 19.2 Å². The van der Waals surface area contributed by atoms with Gasteiger partial charge in [0.1, 0.15) is 5.75 Å². The van der Waals surface area contributed by atoms with E-state index < -0.39 is 0 Å². The molecule has 0 fully saturated rings. The topological polar surface area (TPSA) is 75.3 Å². The Balaban J connectivity index is 2.17. The minimum absolute atomic E-state index is 0.0134. The van der Waals surface area contributed by atoms with Gasteiger partial charge in [-0.25, -0.2) is 0 Å². The van der Waals surface area contributed by atoms with Crippen molar-refractivity contribution in [2.75, 3.05) is 11.1 Å². The molecule has 0 heterocycles. The Morgan fingerprint density at radius 3 is 2.40 bits per heavy atom. The number of phenolic OH excluding ortho intramolecular Hbond substituents is 1. The van der Waals surface area contributed by atoms with Crippen LogP contribution in [-0.4, -0.2) is 11.0 Å². The van der Waals surface area contributed by atoms with E-state index in [0.717, 1.165) is 0 Å². The Labute approximate surface area is 118 Å². The summed E-state index contributed by atoms with van der Waals surface area (Å²) in [6.45, 7) is 4.22. The molecule has 4 heteroatoms. The summed E-state index contributed by atoms with van der Waals surface area (Å²) in [7, 11) is 0. The fraction of sp³-hybridized carbons (Fsp3) is 0.188. The molecule has 0 aliphatic heterocycles. The molecule has 0 saturated heterocycles. The zero-order valence-corrected chi connectivity index (χ0v) is 11.6. The summed E-state index contributed by atoms with van der Waals surface area (Å²) >= 11 is 0. The molecular weight excluding hydrogens is 252 g/mol. The first-order chi connectivity index (χ1) is 9.47. The number of phenols is 1. The lowest BCUT2D eigenvalue weighted by Crippen LogP contribution is -2.13. The Morgan fingerprint density at radius 2 is 1.80 bits per heavy atom. The largest absolute Gasteiger partial charge is 0.508 e. The number of carbonyl (C=O) groups is 1. The van der Waals surface area contributed by atoms with Crippen molar-refractivity contribution in [3.63, 3.8) is 0 Å². The highest BCUT2D eigenvalue weighted by molar-refractivity contribution is 6.08. The van der Waals surface area contributed by atoms with Crippen molar-refractivity contribution < 1.29 is 9.90 Å². The maximum absolute atomic E-state index is 12.1. The van der Waals surface area contributed by atoms with Crippen LogP contribution in [0.5, 0.6) is 5.75 Å². The highest BCUT2D eigenvalue weighted by Gasteiger charge is 2.11. The zero-order valence-electron chi connectivity index (χ0n) is 11.6. The van der Waals surface area contributed by atoms with Gasteiger partial charge in [0.05, 0.1) is 5.56 Å². The first-order valence-electron chi connectivity index (χ1n) is 6.47. The molecule has 0 aliphatic carbocycles. The van der Waals surface area contributed by atoms with Gasteiger partial charge in [-0.15, -0.1) is 0 Å². The summed E-state index contributed by atoms with van der Waals surface area (Å²) in [4.78, 5) is 12.1. The molecule has 0 aromatic heterocycles. The fourth-order valence-corrected chi connectivity index (χ4v) is 1.89. The third-order valence-electron chi connectivity index (χ3n) is 3.12. The van der Waals surface area contributed by atoms with E-state index in [1.165, 1.54) is 23.8 Å². The van der Waals surface area contributed by atoms with Crippen LogP contribution in [-0.2, 0) is 0 Å². The Hall–Kier alpha value is -2.49. The van der Waals surface area contributed by atoms with Crippen LogP contribution in [0.25, 0.3) is 0 Å². The number of benzene rings is 2. The van der Waals surface area contributed by atoms with Gasteiger partial charge < -0.3 is 16.2 Å². The lowest BCUT2D eigenvalue weighted by atomic mass is 10.0. The molecule has 1 amide bonds. The van der Waals surface area contributed by atoms with E-state index in [-0.39, 0.29) is 17.2 Å². The molecule has 2 aromatic carbocycles. The van der Waals surface area contributed by atoms with Gasteiger partial charge in [-0.05, 0) is 41.8 Å². The van der Waals surface area contributed by atoms with E-state index in [4.69, 9.17) is 5.73 Å². The lowest BCUT2D eigenvalue weighted by molar-refractivity contribution is 0.102. The Bertz CT molecular complexity index is 619. The molecule has 0 unspecified atom stereocenters. The van der Waals surface area contributed by atoms with Crippen LogP contribution >= 0.6 is 0 Å². The minimum Gasteiger partial charge on any atom is -0.508 e. The summed E-state index contributed by atoms with van der Waals surface area (Å²) < 4.78 is 0. The molecule has 0 aliphatic rings. The summed E-state index contributed by atoms with van der Waals surface area (Å²) in [6, 6.07) is 12.0. The number of hydrogen-bond donors (Lipinski definition) is 3. The van der Waals surface area contributed by atoms with Crippen LogP contribution in [0.15, 0.2) is 42.5 Å². The Kier molecular flexibility index (Phi) is 3.94. The number of nitrogens with one attached hydrogen (secondary N) is 1. The first-order valence-corrected chi connectivity index (χ1v) is 6.47. The second-order valence-corrected chi connectivity index (χ2v) is 5.00. The molecule has 0 radical (unpaired) electrons. The average Bonchev–Trinajstić information content (AvgIpc) is 2.42. The monoisotopic (exact) mass is 270 g/mol.